The molecule has 0 bridgehead atoms. The molecule has 2 aromatic rings. The Morgan fingerprint density at radius 3 is 2.84 bits per heavy atom. The second-order valence-electron chi connectivity index (χ2n) is 4.89. The van der Waals surface area contributed by atoms with Gasteiger partial charge in [-0.2, -0.15) is 5.10 Å². The van der Waals surface area contributed by atoms with Gasteiger partial charge in [-0.3, -0.25) is 4.68 Å². The van der Waals surface area contributed by atoms with E-state index in [1.807, 2.05) is 29.1 Å². The number of aromatic nitrogens is 2. The van der Waals surface area contributed by atoms with Crippen LogP contribution in [0.4, 0.5) is 0 Å². The molecule has 0 radical (unpaired) electrons. The molecule has 4 nitrogen and oxygen atoms in total. The van der Waals surface area contributed by atoms with E-state index < -0.39 is 0 Å². The fourth-order valence-corrected chi connectivity index (χ4v) is 1.91. The summed E-state index contributed by atoms with van der Waals surface area (Å²) in [6.45, 7) is 5.85. The summed E-state index contributed by atoms with van der Waals surface area (Å²) in [4.78, 5) is 0. The van der Waals surface area contributed by atoms with Gasteiger partial charge in [0.2, 0.25) is 0 Å². The van der Waals surface area contributed by atoms with Gasteiger partial charge in [0.1, 0.15) is 5.75 Å². The maximum atomic E-state index is 5.35. The highest BCUT2D eigenvalue weighted by molar-refractivity contribution is 5.33. The molecule has 0 saturated heterocycles. The lowest BCUT2D eigenvalue weighted by Gasteiger charge is -2.08. The number of rotatable bonds is 6. The first-order chi connectivity index (χ1) is 9.19. The van der Waals surface area contributed by atoms with Crippen LogP contribution in [0.5, 0.6) is 5.75 Å². The molecule has 0 aliphatic rings. The normalized spacial score (nSPS) is 10.9. The van der Waals surface area contributed by atoms with Crippen LogP contribution >= 0.6 is 0 Å². The molecule has 1 N–H and O–H groups in total. The third-order valence-corrected chi connectivity index (χ3v) is 2.93. The van der Waals surface area contributed by atoms with Gasteiger partial charge in [-0.05, 0) is 6.07 Å². The number of hydrogen-bond acceptors (Lipinski definition) is 3. The molecule has 0 aliphatic carbocycles. The van der Waals surface area contributed by atoms with E-state index in [4.69, 9.17) is 4.74 Å². The Labute approximate surface area is 114 Å². The SMILES string of the molecule is COc1ccccc1Cn1cc(CNC(C)C)cn1. The standard InChI is InChI=1S/C15H21N3O/c1-12(2)16-8-13-9-17-18(10-13)11-14-6-4-5-7-15(14)19-3/h4-7,9-10,12,16H,8,11H2,1-3H3. The van der Waals surface area contributed by atoms with E-state index >= 15 is 0 Å². The highest BCUT2D eigenvalue weighted by Crippen LogP contribution is 2.18. The second kappa shape index (κ2) is 6.38. The zero-order chi connectivity index (χ0) is 13.7. The van der Waals surface area contributed by atoms with Crippen molar-refractivity contribution in [2.45, 2.75) is 33.0 Å². The van der Waals surface area contributed by atoms with Crippen LogP contribution < -0.4 is 10.1 Å². The number of hydrogen-bond donors (Lipinski definition) is 1. The van der Waals surface area contributed by atoms with Gasteiger partial charge in [-0.1, -0.05) is 32.0 Å². The average Bonchev–Trinajstić information content (AvgIpc) is 2.85. The van der Waals surface area contributed by atoms with E-state index in [2.05, 4.69) is 36.5 Å². The number of benzene rings is 1. The fourth-order valence-electron chi connectivity index (χ4n) is 1.91. The summed E-state index contributed by atoms with van der Waals surface area (Å²) in [6, 6.07) is 8.51. The lowest BCUT2D eigenvalue weighted by molar-refractivity contribution is 0.407. The minimum absolute atomic E-state index is 0.484. The van der Waals surface area contributed by atoms with Gasteiger partial charge < -0.3 is 10.1 Å². The van der Waals surface area contributed by atoms with Gasteiger partial charge in [0.05, 0.1) is 19.9 Å². The van der Waals surface area contributed by atoms with Crippen molar-refractivity contribution in [2.75, 3.05) is 7.11 Å². The largest absolute Gasteiger partial charge is 0.496 e. The van der Waals surface area contributed by atoms with E-state index in [0.29, 0.717) is 6.04 Å². The summed E-state index contributed by atoms with van der Waals surface area (Å²) in [5.74, 6) is 0.903. The molecular weight excluding hydrogens is 238 g/mol. The molecule has 1 aromatic heterocycles. The molecule has 4 heteroatoms. The molecule has 2 rings (SSSR count). The summed E-state index contributed by atoms with van der Waals surface area (Å²) in [5, 5.41) is 7.77. The van der Waals surface area contributed by atoms with Gasteiger partial charge in [-0.15, -0.1) is 0 Å². The quantitative estimate of drug-likeness (QED) is 0.866. The number of nitrogens with zero attached hydrogens (tertiary/aromatic N) is 2. The Morgan fingerprint density at radius 2 is 2.11 bits per heavy atom. The maximum Gasteiger partial charge on any atom is 0.123 e. The highest BCUT2D eigenvalue weighted by Gasteiger charge is 2.04. The molecular formula is C15H21N3O. The van der Waals surface area contributed by atoms with Crippen molar-refractivity contribution in [3.63, 3.8) is 0 Å². The van der Waals surface area contributed by atoms with E-state index in [9.17, 15) is 0 Å². The van der Waals surface area contributed by atoms with E-state index in [-0.39, 0.29) is 0 Å². The molecule has 1 aromatic carbocycles. The minimum atomic E-state index is 0.484. The molecule has 0 aliphatic heterocycles. The van der Waals surface area contributed by atoms with Crippen LogP contribution in [0.15, 0.2) is 36.7 Å². The Bertz CT molecular complexity index is 520. The van der Waals surface area contributed by atoms with Crippen molar-refractivity contribution in [2.24, 2.45) is 0 Å². The number of ether oxygens (including phenoxy) is 1. The third kappa shape index (κ3) is 3.83. The maximum absolute atomic E-state index is 5.35. The first-order valence-corrected chi connectivity index (χ1v) is 6.55. The van der Waals surface area contributed by atoms with Gasteiger partial charge in [-0.25, -0.2) is 0 Å². The summed E-state index contributed by atoms with van der Waals surface area (Å²) < 4.78 is 7.29. The predicted octanol–water partition coefficient (Wildman–Crippen LogP) is 2.44. The van der Waals surface area contributed by atoms with E-state index in [1.54, 1.807) is 7.11 Å². The van der Waals surface area contributed by atoms with Crippen LogP contribution in [0.1, 0.15) is 25.0 Å². The number of nitrogens with one attached hydrogen (secondary N) is 1. The first kappa shape index (κ1) is 13.6. The van der Waals surface area contributed by atoms with Crippen LogP contribution in [-0.2, 0) is 13.1 Å². The summed E-state index contributed by atoms with van der Waals surface area (Å²) >= 11 is 0. The Balaban J connectivity index is 2.03. The molecule has 0 amide bonds. The van der Waals surface area contributed by atoms with Crippen LogP contribution in [0, 0.1) is 0 Å². The van der Waals surface area contributed by atoms with Crippen molar-refractivity contribution in [3.8, 4) is 5.75 Å². The number of methoxy groups -OCH3 is 1. The second-order valence-corrected chi connectivity index (χ2v) is 4.89. The van der Waals surface area contributed by atoms with Crippen molar-refractivity contribution >= 4 is 0 Å². The molecule has 1 heterocycles. The summed E-state index contributed by atoms with van der Waals surface area (Å²) in [6.07, 6.45) is 3.98. The molecule has 0 saturated carbocycles. The predicted molar refractivity (Wildman–Crippen MR) is 76.3 cm³/mol. The molecule has 0 spiro atoms. The average molecular weight is 259 g/mol. The van der Waals surface area contributed by atoms with E-state index in [1.165, 1.54) is 5.56 Å². The zero-order valence-electron chi connectivity index (χ0n) is 11.8. The van der Waals surface area contributed by atoms with Crippen LogP contribution in [-0.4, -0.2) is 22.9 Å². The van der Waals surface area contributed by atoms with Crippen molar-refractivity contribution < 1.29 is 4.74 Å². The highest BCUT2D eigenvalue weighted by atomic mass is 16.5. The zero-order valence-corrected chi connectivity index (χ0v) is 11.8. The van der Waals surface area contributed by atoms with Crippen LogP contribution in [0.3, 0.4) is 0 Å². The Morgan fingerprint density at radius 1 is 1.32 bits per heavy atom. The summed E-state index contributed by atoms with van der Waals surface area (Å²) in [5.41, 5.74) is 2.33. The van der Waals surface area contributed by atoms with Crippen molar-refractivity contribution in [1.82, 2.24) is 15.1 Å². The minimum Gasteiger partial charge on any atom is -0.496 e. The monoisotopic (exact) mass is 259 g/mol. The Hall–Kier alpha value is -1.81. The van der Waals surface area contributed by atoms with Gasteiger partial charge in [0.15, 0.2) is 0 Å². The topological polar surface area (TPSA) is 39.1 Å². The third-order valence-electron chi connectivity index (χ3n) is 2.93. The Kier molecular flexibility index (Phi) is 4.58. The molecule has 0 atom stereocenters. The molecule has 19 heavy (non-hydrogen) atoms. The number of para-hydroxylation sites is 1. The fraction of sp³-hybridized carbons (Fsp3) is 0.400. The van der Waals surface area contributed by atoms with Crippen molar-refractivity contribution in [1.29, 1.82) is 0 Å². The van der Waals surface area contributed by atoms with Crippen LogP contribution in [0.2, 0.25) is 0 Å². The van der Waals surface area contributed by atoms with Crippen LogP contribution in [0.25, 0.3) is 0 Å². The lowest BCUT2D eigenvalue weighted by atomic mass is 10.2. The summed E-state index contributed by atoms with van der Waals surface area (Å²) in [7, 11) is 1.69. The lowest BCUT2D eigenvalue weighted by Crippen LogP contribution is -2.21. The first-order valence-electron chi connectivity index (χ1n) is 6.55. The van der Waals surface area contributed by atoms with Crippen molar-refractivity contribution in [3.05, 3.63) is 47.8 Å². The molecule has 0 fully saturated rings. The van der Waals surface area contributed by atoms with Gasteiger partial charge >= 0.3 is 0 Å². The van der Waals surface area contributed by atoms with Gasteiger partial charge in [0.25, 0.3) is 0 Å². The molecule has 0 unspecified atom stereocenters. The van der Waals surface area contributed by atoms with E-state index in [0.717, 1.165) is 24.4 Å². The smallest absolute Gasteiger partial charge is 0.123 e. The van der Waals surface area contributed by atoms with Gasteiger partial charge in [0, 0.05) is 29.9 Å². The molecule has 102 valence electrons.